The first kappa shape index (κ1) is 17.9. The Bertz CT molecular complexity index is 806. The fourth-order valence-corrected chi connectivity index (χ4v) is 3.23. The van der Waals surface area contributed by atoms with Gasteiger partial charge in [-0.05, 0) is 37.1 Å². The first-order valence-corrected chi connectivity index (χ1v) is 8.62. The number of rotatable bonds is 6. The van der Waals surface area contributed by atoms with Crippen LogP contribution in [0.3, 0.4) is 0 Å². The molecule has 1 heterocycles. The molecular weight excluding hydrogens is 332 g/mol. The predicted octanol–water partition coefficient (Wildman–Crippen LogP) is 2.23. The SMILES string of the molecule is C[C@H]1Cc2ccccc2N1C(=O)COC(=O)c1ccccc1NCCO. The number of nitrogens with one attached hydrogen (secondary N) is 1. The van der Waals surface area contributed by atoms with Crippen LogP contribution >= 0.6 is 0 Å². The van der Waals surface area contributed by atoms with Gasteiger partial charge < -0.3 is 20.1 Å². The summed E-state index contributed by atoms with van der Waals surface area (Å²) in [5, 5.41) is 11.9. The highest BCUT2D eigenvalue weighted by Gasteiger charge is 2.31. The van der Waals surface area contributed by atoms with Crippen molar-refractivity contribution in [1.29, 1.82) is 0 Å². The Hall–Kier alpha value is -2.86. The first-order valence-electron chi connectivity index (χ1n) is 8.62. The number of esters is 1. The molecule has 26 heavy (non-hydrogen) atoms. The molecule has 0 spiro atoms. The number of nitrogens with zero attached hydrogens (tertiary/aromatic N) is 1. The van der Waals surface area contributed by atoms with Crippen molar-refractivity contribution in [1.82, 2.24) is 0 Å². The zero-order chi connectivity index (χ0) is 18.5. The number of ether oxygens (including phenoxy) is 1. The van der Waals surface area contributed by atoms with Gasteiger partial charge in [0.25, 0.3) is 5.91 Å². The summed E-state index contributed by atoms with van der Waals surface area (Å²) in [6.45, 7) is 1.94. The van der Waals surface area contributed by atoms with E-state index < -0.39 is 5.97 Å². The maximum atomic E-state index is 12.6. The Labute approximate surface area is 152 Å². The van der Waals surface area contributed by atoms with E-state index in [0.717, 1.165) is 17.7 Å². The van der Waals surface area contributed by atoms with E-state index in [4.69, 9.17) is 9.84 Å². The lowest BCUT2D eigenvalue weighted by Crippen LogP contribution is -2.38. The van der Waals surface area contributed by atoms with Crippen LogP contribution in [0.25, 0.3) is 0 Å². The Balaban J connectivity index is 1.66. The maximum Gasteiger partial charge on any atom is 0.340 e. The van der Waals surface area contributed by atoms with Gasteiger partial charge in [-0.15, -0.1) is 0 Å². The lowest BCUT2D eigenvalue weighted by Gasteiger charge is -2.22. The van der Waals surface area contributed by atoms with Crippen molar-refractivity contribution < 1.29 is 19.4 Å². The number of anilines is 2. The molecule has 3 rings (SSSR count). The molecule has 2 aromatic carbocycles. The van der Waals surface area contributed by atoms with Crippen LogP contribution in [0, 0.1) is 0 Å². The van der Waals surface area contributed by atoms with Crippen LogP contribution in [-0.2, 0) is 16.0 Å². The minimum Gasteiger partial charge on any atom is -0.452 e. The molecule has 2 aromatic rings. The molecule has 1 aliphatic rings. The highest BCUT2D eigenvalue weighted by Crippen LogP contribution is 2.31. The number of carbonyl (C=O) groups excluding carboxylic acids is 2. The number of aliphatic hydroxyl groups is 1. The van der Waals surface area contributed by atoms with Gasteiger partial charge in [0.15, 0.2) is 6.61 Å². The van der Waals surface area contributed by atoms with Crippen LogP contribution in [0.5, 0.6) is 0 Å². The largest absolute Gasteiger partial charge is 0.452 e. The molecule has 6 nitrogen and oxygen atoms in total. The third-order valence-corrected chi connectivity index (χ3v) is 4.38. The van der Waals surface area contributed by atoms with E-state index in [0.29, 0.717) is 17.8 Å². The number of para-hydroxylation sites is 2. The summed E-state index contributed by atoms with van der Waals surface area (Å²) in [4.78, 5) is 26.7. The minimum absolute atomic E-state index is 0.0390. The van der Waals surface area contributed by atoms with Gasteiger partial charge in [-0.25, -0.2) is 4.79 Å². The number of amides is 1. The van der Waals surface area contributed by atoms with Crippen LogP contribution < -0.4 is 10.2 Å². The van der Waals surface area contributed by atoms with Crippen LogP contribution in [0.2, 0.25) is 0 Å². The Morgan fingerprint density at radius 1 is 1.19 bits per heavy atom. The monoisotopic (exact) mass is 354 g/mol. The highest BCUT2D eigenvalue weighted by molar-refractivity contribution is 6.00. The average molecular weight is 354 g/mol. The summed E-state index contributed by atoms with van der Waals surface area (Å²) in [5.41, 5.74) is 2.91. The first-order chi connectivity index (χ1) is 12.6. The molecule has 136 valence electrons. The number of fused-ring (bicyclic) bond motifs is 1. The van der Waals surface area contributed by atoms with Crippen molar-refractivity contribution in [2.75, 3.05) is 30.0 Å². The van der Waals surface area contributed by atoms with Gasteiger partial charge in [-0.1, -0.05) is 30.3 Å². The normalized spacial score (nSPS) is 15.5. The minimum atomic E-state index is -0.570. The Morgan fingerprint density at radius 2 is 1.92 bits per heavy atom. The lowest BCUT2D eigenvalue weighted by atomic mass is 10.1. The lowest BCUT2D eigenvalue weighted by molar-refractivity contribution is -0.122. The number of hydrogen-bond acceptors (Lipinski definition) is 5. The second-order valence-corrected chi connectivity index (χ2v) is 6.22. The Morgan fingerprint density at radius 3 is 2.73 bits per heavy atom. The van der Waals surface area contributed by atoms with Crippen molar-refractivity contribution in [3.63, 3.8) is 0 Å². The van der Waals surface area contributed by atoms with E-state index >= 15 is 0 Å². The quantitative estimate of drug-likeness (QED) is 0.778. The molecule has 0 saturated heterocycles. The molecular formula is C20H22N2O4. The van der Waals surface area contributed by atoms with Crippen molar-refractivity contribution in [2.24, 2.45) is 0 Å². The van der Waals surface area contributed by atoms with E-state index in [1.807, 2.05) is 31.2 Å². The molecule has 0 aromatic heterocycles. The van der Waals surface area contributed by atoms with Gasteiger partial charge in [0.1, 0.15) is 0 Å². The van der Waals surface area contributed by atoms with Crippen LogP contribution in [0.15, 0.2) is 48.5 Å². The van der Waals surface area contributed by atoms with Crippen molar-refractivity contribution >= 4 is 23.3 Å². The second kappa shape index (κ2) is 8.01. The average Bonchev–Trinajstić information content (AvgIpc) is 3.00. The van der Waals surface area contributed by atoms with Crippen molar-refractivity contribution in [3.8, 4) is 0 Å². The molecule has 0 aliphatic carbocycles. The van der Waals surface area contributed by atoms with Gasteiger partial charge in [-0.2, -0.15) is 0 Å². The van der Waals surface area contributed by atoms with Gasteiger partial charge >= 0.3 is 5.97 Å². The fraction of sp³-hybridized carbons (Fsp3) is 0.300. The molecule has 0 bridgehead atoms. The van der Waals surface area contributed by atoms with E-state index in [1.54, 1.807) is 29.2 Å². The highest BCUT2D eigenvalue weighted by atomic mass is 16.5. The number of aliphatic hydroxyl groups excluding tert-OH is 1. The zero-order valence-corrected chi connectivity index (χ0v) is 14.6. The summed E-state index contributed by atoms with van der Waals surface area (Å²) in [6, 6.07) is 14.7. The van der Waals surface area contributed by atoms with Crippen LogP contribution in [0.1, 0.15) is 22.8 Å². The topological polar surface area (TPSA) is 78.9 Å². The zero-order valence-electron chi connectivity index (χ0n) is 14.6. The summed E-state index contributed by atoms with van der Waals surface area (Å²) in [7, 11) is 0. The third-order valence-electron chi connectivity index (χ3n) is 4.38. The number of carbonyl (C=O) groups is 2. The van der Waals surface area contributed by atoms with Crippen LogP contribution in [-0.4, -0.2) is 42.8 Å². The Kier molecular flexibility index (Phi) is 5.53. The van der Waals surface area contributed by atoms with Crippen LogP contribution in [0.4, 0.5) is 11.4 Å². The number of hydrogen-bond donors (Lipinski definition) is 2. The summed E-state index contributed by atoms with van der Waals surface area (Å²) < 4.78 is 5.25. The maximum absolute atomic E-state index is 12.6. The molecule has 0 saturated carbocycles. The fourth-order valence-electron chi connectivity index (χ4n) is 3.23. The molecule has 1 amide bonds. The molecule has 1 aliphatic heterocycles. The molecule has 2 N–H and O–H groups in total. The molecule has 0 fully saturated rings. The summed E-state index contributed by atoms with van der Waals surface area (Å²) >= 11 is 0. The van der Waals surface area contributed by atoms with Gasteiger partial charge in [0.2, 0.25) is 0 Å². The standard InChI is InChI=1S/C20H22N2O4/c1-14-12-15-6-2-5-9-18(15)22(14)19(24)13-26-20(25)16-7-3-4-8-17(16)21-10-11-23/h2-9,14,21,23H,10-13H2,1H3/t14-/m0/s1. The van der Waals surface area contributed by atoms with Gasteiger partial charge in [0.05, 0.1) is 12.2 Å². The van der Waals surface area contributed by atoms with E-state index in [-0.39, 0.29) is 25.2 Å². The van der Waals surface area contributed by atoms with E-state index in [2.05, 4.69) is 5.32 Å². The molecule has 0 radical (unpaired) electrons. The van der Waals surface area contributed by atoms with Crippen molar-refractivity contribution in [3.05, 3.63) is 59.7 Å². The van der Waals surface area contributed by atoms with E-state index in [1.165, 1.54) is 0 Å². The second-order valence-electron chi connectivity index (χ2n) is 6.22. The summed E-state index contributed by atoms with van der Waals surface area (Å²) in [6.07, 6.45) is 0.795. The predicted molar refractivity (Wildman–Crippen MR) is 99.4 cm³/mol. The molecule has 0 unspecified atom stereocenters. The van der Waals surface area contributed by atoms with Crippen molar-refractivity contribution in [2.45, 2.75) is 19.4 Å². The summed E-state index contributed by atoms with van der Waals surface area (Å²) in [5.74, 6) is -0.809. The van der Waals surface area contributed by atoms with E-state index in [9.17, 15) is 9.59 Å². The molecule has 6 heteroatoms. The van der Waals surface area contributed by atoms with Gasteiger partial charge in [0, 0.05) is 24.0 Å². The number of benzene rings is 2. The molecule has 1 atom stereocenters. The third kappa shape index (κ3) is 3.70. The van der Waals surface area contributed by atoms with Gasteiger partial charge in [-0.3, -0.25) is 4.79 Å². The smallest absolute Gasteiger partial charge is 0.340 e.